The van der Waals surface area contributed by atoms with Crippen LogP contribution < -0.4 is 0 Å². The molecule has 0 spiro atoms. The summed E-state index contributed by atoms with van der Waals surface area (Å²) in [6.07, 6.45) is 18.3. The molecule has 4 fully saturated rings. The van der Waals surface area contributed by atoms with Gasteiger partial charge in [-0.3, -0.25) is 0 Å². The van der Waals surface area contributed by atoms with Gasteiger partial charge in [0.25, 0.3) is 0 Å². The molecule has 0 radical (unpaired) electrons. The molecule has 0 amide bonds. The Morgan fingerprint density at radius 3 is 2.52 bits per heavy atom. The van der Waals surface area contributed by atoms with Crippen molar-refractivity contribution >= 4 is 0 Å². The van der Waals surface area contributed by atoms with Crippen molar-refractivity contribution < 1.29 is 9.84 Å². The predicted octanol–water partition coefficient (Wildman–Crippen LogP) is 7.16. The third-order valence-corrected chi connectivity index (χ3v) is 11.6. The Morgan fingerprint density at radius 2 is 1.81 bits per heavy atom. The van der Waals surface area contributed by atoms with Crippen LogP contribution >= 0.6 is 0 Å². The summed E-state index contributed by atoms with van der Waals surface area (Å²) in [6, 6.07) is 0. The van der Waals surface area contributed by atoms with E-state index in [1.54, 1.807) is 0 Å². The first-order valence-corrected chi connectivity index (χ1v) is 13.5. The van der Waals surface area contributed by atoms with E-state index in [0.29, 0.717) is 10.8 Å². The molecule has 4 saturated carbocycles. The first-order chi connectivity index (χ1) is 14.6. The third kappa shape index (κ3) is 3.67. The molecule has 1 N–H and O–H groups in total. The molecular weight excluding hydrogens is 380 g/mol. The van der Waals surface area contributed by atoms with Crippen molar-refractivity contribution in [1.82, 2.24) is 0 Å². The molecule has 31 heavy (non-hydrogen) atoms. The van der Waals surface area contributed by atoms with Crippen molar-refractivity contribution in [3.63, 3.8) is 0 Å². The van der Waals surface area contributed by atoms with Gasteiger partial charge < -0.3 is 9.84 Å². The molecule has 0 bridgehead atoms. The third-order valence-electron chi connectivity index (χ3n) is 11.6. The van der Waals surface area contributed by atoms with Gasteiger partial charge in [0.15, 0.2) is 0 Å². The van der Waals surface area contributed by atoms with E-state index in [2.05, 4.69) is 26.8 Å². The van der Waals surface area contributed by atoms with Crippen molar-refractivity contribution in [1.29, 1.82) is 0 Å². The fourth-order valence-electron chi connectivity index (χ4n) is 9.35. The van der Waals surface area contributed by atoms with E-state index in [1.807, 2.05) is 14.0 Å². The van der Waals surface area contributed by atoms with E-state index >= 15 is 0 Å². The van der Waals surface area contributed by atoms with Crippen molar-refractivity contribution in [3.8, 4) is 0 Å². The lowest BCUT2D eigenvalue weighted by atomic mass is 9.46. The van der Waals surface area contributed by atoms with Gasteiger partial charge in [-0.15, -0.1) is 0 Å². The SMILES string of the molecule is COC[C@]12CC[C@](C)(O)CC1=CC[C@@H]1[C@@H]2CC[C@]2(C)[C@@H]([C@H](C)CCC3(C)CC3)CC[C@@H]12. The average Bonchev–Trinajstić information content (AvgIpc) is 3.34. The normalized spacial score (nSPS) is 48.9. The predicted molar refractivity (Wildman–Crippen MR) is 128 cm³/mol. The fourth-order valence-corrected chi connectivity index (χ4v) is 9.35. The largest absolute Gasteiger partial charge is 0.390 e. The number of ether oxygens (including phenoxy) is 1. The molecule has 5 rings (SSSR count). The summed E-state index contributed by atoms with van der Waals surface area (Å²) >= 11 is 0. The van der Waals surface area contributed by atoms with Crippen LogP contribution in [0.2, 0.25) is 0 Å². The Hall–Kier alpha value is -0.340. The maximum absolute atomic E-state index is 10.8. The smallest absolute Gasteiger partial charge is 0.0657 e. The number of rotatable bonds is 6. The molecule has 0 heterocycles. The van der Waals surface area contributed by atoms with E-state index < -0.39 is 5.60 Å². The summed E-state index contributed by atoms with van der Waals surface area (Å²) in [4.78, 5) is 0. The number of hydrogen-bond acceptors (Lipinski definition) is 2. The fraction of sp³-hybridized carbons (Fsp3) is 0.931. The summed E-state index contributed by atoms with van der Waals surface area (Å²) in [7, 11) is 1.89. The monoisotopic (exact) mass is 428 g/mol. The standard InChI is InChI=1S/C29H48O2/c1-20(10-12-26(2)14-15-26)23-8-9-24-22-7-6-21-18-27(3,30)16-17-29(21,19-31-5)25(22)11-13-28(23,24)4/h6,20,22-25,30H,7-19H2,1-5H3/t20-,22+,23-,24+,25+,27+,28-,29-/m1/s1. The minimum Gasteiger partial charge on any atom is -0.390 e. The molecule has 0 aromatic rings. The summed E-state index contributed by atoms with van der Waals surface area (Å²) < 4.78 is 5.90. The van der Waals surface area contributed by atoms with Gasteiger partial charge in [0.05, 0.1) is 12.2 Å². The molecule has 5 aliphatic rings. The van der Waals surface area contributed by atoms with Crippen molar-refractivity contribution in [3.05, 3.63) is 11.6 Å². The second-order valence-corrected chi connectivity index (χ2v) is 13.7. The lowest BCUT2D eigenvalue weighted by molar-refractivity contribution is -0.0975. The van der Waals surface area contributed by atoms with Gasteiger partial charge in [-0.2, -0.15) is 0 Å². The molecule has 0 saturated heterocycles. The molecule has 5 aliphatic carbocycles. The van der Waals surface area contributed by atoms with Crippen molar-refractivity contribution in [2.45, 2.75) is 110 Å². The number of allylic oxidation sites excluding steroid dienone is 1. The van der Waals surface area contributed by atoms with Crippen LogP contribution in [0.1, 0.15) is 105 Å². The molecule has 0 unspecified atom stereocenters. The highest BCUT2D eigenvalue weighted by Crippen LogP contribution is 2.68. The highest BCUT2D eigenvalue weighted by Gasteiger charge is 2.61. The second-order valence-electron chi connectivity index (χ2n) is 13.7. The van der Waals surface area contributed by atoms with Gasteiger partial charge in [0.2, 0.25) is 0 Å². The van der Waals surface area contributed by atoms with E-state index in [1.165, 1.54) is 63.4 Å². The van der Waals surface area contributed by atoms with Crippen LogP contribution in [-0.4, -0.2) is 24.4 Å². The number of aliphatic hydroxyl groups is 1. The van der Waals surface area contributed by atoms with Gasteiger partial charge in [0, 0.05) is 12.5 Å². The van der Waals surface area contributed by atoms with E-state index in [4.69, 9.17) is 4.74 Å². The highest BCUT2D eigenvalue weighted by molar-refractivity contribution is 5.28. The topological polar surface area (TPSA) is 29.5 Å². The van der Waals surface area contributed by atoms with Crippen LogP contribution in [0.3, 0.4) is 0 Å². The lowest BCUT2D eigenvalue weighted by Crippen LogP contribution is -2.54. The summed E-state index contributed by atoms with van der Waals surface area (Å²) in [6.45, 7) is 10.7. The highest BCUT2D eigenvalue weighted by atomic mass is 16.5. The van der Waals surface area contributed by atoms with Crippen LogP contribution in [-0.2, 0) is 4.74 Å². The van der Waals surface area contributed by atoms with Gasteiger partial charge in [-0.05, 0) is 124 Å². The molecule has 8 atom stereocenters. The van der Waals surface area contributed by atoms with E-state index in [9.17, 15) is 5.11 Å². The van der Waals surface area contributed by atoms with Gasteiger partial charge >= 0.3 is 0 Å². The first kappa shape index (κ1) is 22.5. The first-order valence-electron chi connectivity index (χ1n) is 13.5. The minimum atomic E-state index is -0.523. The Labute approximate surface area is 191 Å². The molecule has 0 aliphatic heterocycles. The lowest BCUT2D eigenvalue weighted by Gasteiger charge is -2.60. The minimum absolute atomic E-state index is 0.200. The molecule has 2 heteroatoms. The van der Waals surface area contributed by atoms with Gasteiger partial charge in [-0.1, -0.05) is 32.4 Å². The second kappa shape index (κ2) is 7.59. The van der Waals surface area contributed by atoms with Crippen LogP contribution in [0, 0.1) is 45.8 Å². The average molecular weight is 429 g/mol. The van der Waals surface area contributed by atoms with Gasteiger partial charge in [0.1, 0.15) is 0 Å². The molecular formula is C29H48O2. The Bertz CT molecular complexity index is 718. The zero-order valence-electron chi connectivity index (χ0n) is 21.0. The van der Waals surface area contributed by atoms with Crippen LogP contribution in [0.4, 0.5) is 0 Å². The van der Waals surface area contributed by atoms with Crippen LogP contribution in [0.15, 0.2) is 11.6 Å². The Kier molecular flexibility index (Phi) is 5.50. The van der Waals surface area contributed by atoms with Crippen LogP contribution in [0.25, 0.3) is 0 Å². The maximum Gasteiger partial charge on any atom is 0.0657 e. The summed E-state index contributed by atoms with van der Waals surface area (Å²) in [5.41, 5.74) is 2.46. The molecule has 0 aromatic carbocycles. The molecule has 176 valence electrons. The number of hydrogen-bond donors (Lipinski definition) is 1. The van der Waals surface area contributed by atoms with Gasteiger partial charge in [-0.25, -0.2) is 0 Å². The van der Waals surface area contributed by atoms with Crippen molar-refractivity contribution in [2.75, 3.05) is 13.7 Å². The summed E-state index contributed by atoms with van der Waals surface area (Å²) in [5, 5.41) is 10.8. The Balaban J connectivity index is 1.37. The molecule has 2 nitrogen and oxygen atoms in total. The Morgan fingerprint density at radius 1 is 1.03 bits per heavy atom. The summed E-state index contributed by atoms with van der Waals surface area (Å²) in [5.74, 6) is 4.30. The number of fused-ring (bicyclic) bond motifs is 5. The van der Waals surface area contributed by atoms with E-state index in [0.717, 1.165) is 55.5 Å². The zero-order chi connectivity index (χ0) is 22.1. The van der Waals surface area contributed by atoms with Crippen LogP contribution in [0.5, 0.6) is 0 Å². The molecule has 0 aromatic heterocycles. The number of methoxy groups -OCH3 is 1. The zero-order valence-corrected chi connectivity index (χ0v) is 21.0. The quantitative estimate of drug-likeness (QED) is 0.455. The maximum atomic E-state index is 10.8. The van der Waals surface area contributed by atoms with E-state index in [-0.39, 0.29) is 5.41 Å². The van der Waals surface area contributed by atoms with Crippen molar-refractivity contribution in [2.24, 2.45) is 45.8 Å².